The van der Waals surface area contributed by atoms with E-state index in [0.29, 0.717) is 0 Å². The lowest BCUT2D eigenvalue weighted by molar-refractivity contribution is 0.726. The molecule has 2 heteroatoms. The average molecular weight is 169 g/mol. The predicted octanol–water partition coefficient (Wildman–Crippen LogP) is 2.47. The summed E-state index contributed by atoms with van der Waals surface area (Å²) in [6.07, 6.45) is 0. The van der Waals surface area contributed by atoms with E-state index in [0.717, 1.165) is 13.1 Å². The number of nitrogens with one attached hydrogen (secondary N) is 1. The molecule has 0 unspecified atom stereocenters. The largest absolute Gasteiger partial charge is 0.313 e. The van der Waals surface area contributed by atoms with Gasteiger partial charge in [-0.3, -0.25) is 0 Å². The Kier molecular flexibility index (Phi) is 3.09. The lowest BCUT2D eigenvalue weighted by Gasteiger charge is -1.98. The molecule has 0 aromatic carbocycles. The summed E-state index contributed by atoms with van der Waals surface area (Å²) in [6, 6.07) is 2.27. The zero-order chi connectivity index (χ0) is 8.27. The van der Waals surface area contributed by atoms with Crippen molar-refractivity contribution in [1.29, 1.82) is 0 Å². The minimum absolute atomic E-state index is 1.02. The van der Waals surface area contributed by atoms with Crippen molar-refractivity contribution in [2.45, 2.75) is 27.3 Å². The fraction of sp³-hybridized carbons (Fsp3) is 0.556. The van der Waals surface area contributed by atoms with Crippen LogP contribution in [0, 0.1) is 13.8 Å². The lowest BCUT2D eigenvalue weighted by Crippen LogP contribution is -2.11. The molecular weight excluding hydrogens is 154 g/mol. The highest BCUT2D eigenvalue weighted by Crippen LogP contribution is 2.19. The molecule has 0 atom stereocenters. The van der Waals surface area contributed by atoms with Crippen molar-refractivity contribution in [2.24, 2.45) is 0 Å². The van der Waals surface area contributed by atoms with Crippen LogP contribution in [0.25, 0.3) is 0 Å². The molecule has 1 aromatic rings. The Balaban J connectivity index is 2.62. The maximum absolute atomic E-state index is 3.33. The molecule has 11 heavy (non-hydrogen) atoms. The van der Waals surface area contributed by atoms with Gasteiger partial charge >= 0.3 is 0 Å². The molecule has 0 aliphatic rings. The second kappa shape index (κ2) is 3.88. The first kappa shape index (κ1) is 8.75. The van der Waals surface area contributed by atoms with Crippen molar-refractivity contribution in [3.8, 4) is 0 Å². The van der Waals surface area contributed by atoms with Gasteiger partial charge in [0.2, 0.25) is 0 Å². The van der Waals surface area contributed by atoms with Crippen LogP contribution in [0.2, 0.25) is 0 Å². The lowest BCUT2D eigenvalue weighted by atomic mass is 10.2. The molecule has 1 N–H and O–H groups in total. The highest BCUT2D eigenvalue weighted by Gasteiger charge is 2.00. The summed E-state index contributed by atoms with van der Waals surface area (Å²) >= 11 is 1.88. The molecule has 62 valence electrons. The van der Waals surface area contributed by atoms with Crippen molar-refractivity contribution in [3.05, 3.63) is 21.4 Å². The summed E-state index contributed by atoms with van der Waals surface area (Å²) in [5, 5.41) is 3.33. The number of aryl methyl sites for hydroxylation is 2. The zero-order valence-electron chi connectivity index (χ0n) is 7.40. The molecule has 0 saturated heterocycles. The minimum Gasteiger partial charge on any atom is -0.313 e. The number of thiophene rings is 1. The number of hydrogen-bond donors (Lipinski definition) is 1. The fourth-order valence-corrected chi connectivity index (χ4v) is 2.06. The van der Waals surface area contributed by atoms with E-state index in [9.17, 15) is 0 Å². The second-order valence-electron chi connectivity index (χ2n) is 2.72. The van der Waals surface area contributed by atoms with Gasteiger partial charge in [0.25, 0.3) is 0 Å². The van der Waals surface area contributed by atoms with Crippen molar-refractivity contribution < 1.29 is 0 Å². The molecule has 0 aliphatic heterocycles. The Hall–Kier alpha value is -0.340. The molecule has 1 heterocycles. The van der Waals surface area contributed by atoms with Crippen molar-refractivity contribution in [2.75, 3.05) is 6.54 Å². The quantitative estimate of drug-likeness (QED) is 0.733. The Labute approximate surface area is 72.4 Å². The van der Waals surface area contributed by atoms with E-state index in [1.54, 1.807) is 0 Å². The third-order valence-electron chi connectivity index (χ3n) is 1.71. The zero-order valence-corrected chi connectivity index (χ0v) is 8.22. The van der Waals surface area contributed by atoms with Crippen molar-refractivity contribution >= 4 is 11.3 Å². The molecule has 0 saturated carbocycles. The first-order valence-electron chi connectivity index (χ1n) is 4.00. The van der Waals surface area contributed by atoms with Gasteiger partial charge in [-0.2, -0.15) is 0 Å². The van der Waals surface area contributed by atoms with Crippen LogP contribution in [0.15, 0.2) is 6.07 Å². The Morgan fingerprint density at radius 2 is 2.18 bits per heavy atom. The van der Waals surface area contributed by atoms with Gasteiger partial charge in [-0.05, 0) is 32.0 Å². The molecule has 0 bridgehead atoms. The van der Waals surface area contributed by atoms with Gasteiger partial charge in [-0.25, -0.2) is 0 Å². The maximum atomic E-state index is 3.33. The molecule has 0 radical (unpaired) electrons. The first-order valence-corrected chi connectivity index (χ1v) is 4.82. The monoisotopic (exact) mass is 169 g/mol. The highest BCUT2D eigenvalue weighted by atomic mass is 32.1. The molecule has 0 amide bonds. The van der Waals surface area contributed by atoms with E-state index in [-0.39, 0.29) is 0 Å². The molecule has 1 aromatic heterocycles. The van der Waals surface area contributed by atoms with E-state index >= 15 is 0 Å². The van der Waals surface area contributed by atoms with E-state index in [4.69, 9.17) is 0 Å². The van der Waals surface area contributed by atoms with Crippen LogP contribution in [0.1, 0.15) is 22.2 Å². The van der Waals surface area contributed by atoms with Crippen LogP contribution in [-0.4, -0.2) is 6.54 Å². The van der Waals surface area contributed by atoms with E-state index in [1.807, 2.05) is 11.3 Å². The van der Waals surface area contributed by atoms with Gasteiger partial charge in [-0.1, -0.05) is 6.92 Å². The van der Waals surface area contributed by atoms with Gasteiger partial charge in [0.05, 0.1) is 0 Å². The van der Waals surface area contributed by atoms with E-state index in [2.05, 4.69) is 32.2 Å². The smallest absolute Gasteiger partial charge is 0.0216 e. The SMILES string of the molecule is CCNCc1cc(C)sc1C. The summed E-state index contributed by atoms with van der Waals surface area (Å²) in [5.74, 6) is 0. The van der Waals surface area contributed by atoms with Gasteiger partial charge < -0.3 is 5.32 Å². The van der Waals surface area contributed by atoms with Gasteiger partial charge in [-0.15, -0.1) is 11.3 Å². The molecule has 0 fully saturated rings. The van der Waals surface area contributed by atoms with Gasteiger partial charge in [0, 0.05) is 16.3 Å². The van der Waals surface area contributed by atoms with Crippen LogP contribution in [0.3, 0.4) is 0 Å². The molecule has 0 aliphatic carbocycles. The Morgan fingerprint density at radius 3 is 2.64 bits per heavy atom. The highest BCUT2D eigenvalue weighted by molar-refractivity contribution is 7.12. The average Bonchev–Trinajstić information content (AvgIpc) is 2.26. The van der Waals surface area contributed by atoms with Crippen LogP contribution in [-0.2, 0) is 6.54 Å². The fourth-order valence-electron chi connectivity index (χ4n) is 1.12. The van der Waals surface area contributed by atoms with E-state index < -0.39 is 0 Å². The summed E-state index contributed by atoms with van der Waals surface area (Å²) in [7, 11) is 0. The van der Waals surface area contributed by atoms with E-state index in [1.165, 1.54) is 15.3 Å². The van der Waals surface area contributed by atoms with Crippen molar-refractivity contribution in [1.82, 2.24) is 5.32 Å². The molecule has 1 rings (SSSR count). The summed E-state index contributed by atoms with van der Waals surface area (Å²) in [4.78, 5) is 2.86. The minimum atomic E-state index is 1.02. The van der Waals surface area contributed by atoms with Crippen LogP contribution in [0.5, 0.6) is 0 Å². The Bertz CT molecular complexity index is 227. The Morgan fingerprint density at radius 1 is 1.45 bits per heavy atom. The van der Waals surface area contributed by atoms with Crippen molar-refractivity contribution in [3.63, 3.8) is 0 Å². The predicted molar refractivity (Wildman–Crippen MR) is 51.2 cm³/mol. The van der Waals surface area contributed by atoms with Crippen LogP contribution < -0.4 is 5.32 Å². The molecular formula is C9H15NS. The number of hydrogen-bond acceptors (Lipinski definition) is 2. The second-order valence-corrected chi connectivity index (χ2v) is 4.18. The van der Waals surface area contributed by atoms with Gasteiger partial charge in [0.1, 0.15) is 0 Å². The molecule has 1 nitrogen and oxygen atoms in total. The number of rotatable bonds is 3. The topological polar surface area (TPSA) is 12.0 Å². The van der Waals surface area contributed by atoms with Crippen LogP contribution >= 0.6 is 11.3 Å². The summed E-state index contributed by atoms with van der Waals surface area (Å²) in [5.41, 5.74) is 1.45. The third kappa shape index (κ3) is 2.31. The third-order valence-corrected chi connectivity index (χ3v) is 2.72. The maximum Gasteiger partial charge on any atom is 0.0216 e. The first-order chi connectivity index (χ1) is 5.24. The summed E-state index contributed by atoms with van der Waals surface area (Å²) < 4.78 is 0. The molecule has 0 spiro atoms. The normalized spacial score (nSPS) is 10.5. The van der Waals surface area contributed by atoms with Crippen LogP contribution in [0.4, 0.5) is 0 Å². The van der Waals surface area contributed by atoms with Gasteiger partial charge in [0.15, 0.2) is 0 Å². The summed E-state index contributed by atoms with van der Waals surface area (Å²) in [6.45, 7) is 8.55. The standard InChI is InChI=1S/C9H15NS/c1-4-10-6-9-5-7(2)11-8(9)3/h5,10H,4,6H2,1-3H3.